The quantitative estimate of drug-likeness (QED) is 0.755. The van der Waals surface area contributed by atoms with Crippen LogP contribution in [-0.2, 0) is 6.54 Å². The molecule has 3 nitrogen and oxygen atoms in total. The molecular formula is C18H21ClN2OS. The van der Waals surface area contributed by atoms with Crippen LogP contribution in [0.4, 0.5) is 0 Å². The molecule has 0 saturated carbocycles. The molecular weight excluding hydrogens is 328 g/mol. The molecule has 0 spiro atoms. The van der Waals surface area contributed by atoms with E-state index in [9.17, 15) is 0 Å². The summed E-state index contributed by atoms with van der Waals surface area (Å²) in [6.45, 7) is 5.39. The van der Waals surface area contributed by atoms with Crippen molar-refractivity contribution in [3.05, 3.63) is 64.7 Å². The molecule has 2 N–H and O–H groups in total. The van der Waals surface area contributed by atoms with Crippen LogP contribution in [-0.4, -0.2) is 11.7 Å². The fourth-order valence-corrected chi connectivity index (χ4v) is 2.51. The molecule has 23 heavy (non-hydrogen) atoms. The summed E-state index contributed by atoms with van der Waals surface area (Å²) in [5, 5.41) is 7.85. The zero-order valence-electron chi connectivity index (χ0n) is 13.3. The van der Waals surface area contributed by atoms with Crippen molar-refractivity contribution in [1.29, 1.82) is 0 Å². The SMILES string of the molecule is CCOc1ccc([C@@H](C)NC(=S)NCc2ccc(Cl)cc2)cc1. The zero-order valence-corrected chi connectivity index (χ0v) is 14.9. The van der Waals surface area contributed by atoms with E-state index in [4.69, 9.17) is 28.6 Å². The third-order valence-electron chi connectivity index (χ3n) is 3.41. The Morgan fingerprint density at radius 2 is 1.78 bits per heavy atom. The fourth-order valence-electron chi connectivity index (χ4n) is 2.13. The van der Waals surface area contributed by atoms with Crippen LogP contribution in [0.3, 0.4) is 0 Å². The van der Waals surface area contributed by atoms with Crippen molar-refractivity contribution >= 4 is 28.9 Å². The number of ether oxygens (including phenoxy) is 1. The van der Waals surface area contributed by atoms with Gasteiger partial charge in [0.2, 0.25) is 0 Å². The van der Waals surface area contributed by atoms with Gasteiger partial charge in [-0.1, -0.05) is 35.9 Å². The molecule has 0 aliphatic rings. The maximum atomic E-state index is 5.87. The number of nitrogens with one attached hydrogen (secondary N) is 2. The largest absolute Gasteiger partial charge is 0.494 e. The van der Waals surface area contributed by atoms with Crippen molar-refractivity contribution in [1.82, 2.24) is 10.6 Å². The van der Waals surface area contributed by atoms with Crippen LogP contribution in [0, 0.1) is 0 Å². The second kappa shape index (κ2) is 8.75. The predicted octanol–water partition coefficient (Wildman–Crippen LogP) is 4.46. The molecule has 0 heterocycles. The predicted molar refractivity (Wildman–Crippen MR) is 100 cm³/mol. The molecule has 0 bridgehead atoms. The van der Waals surface area contributed by atoms with Crippen LogP contribution in [0.5, 0.6) is 5.75 Å². The van der Waals surface area contributed by atoms with Gasteiger partial charge in [0.05, 0.1) is 12.6 Å². The van der Waals surface area contributed by atoms with E-state index in [2.05, 4.69) is 17.6 Å². The van der Waals surface area contributed by atoms with Crippen molar-refractivity contribution < 1.29 is 4.74 Å². The highest BCUT2D eigenvalue weighted by Crippen LogP contribution is 2.17. The van der Waals surface area contributed by atoms with Crippen LogP contribution < -0.4 is 15.4 Å². The lowest BCUT2D eigenvalue weighted by atomic mass is 10.1. The maximum absolute atomic E-state index is 5.87. The minimum absolute atomic E-state index is 0.121. The molecule has 2 aromatic carbocycles. The highest BCUT2D eigenvalue weighted by atomic mass is 35.5. The second-order valence-corrected chi connectivity index (χ2v) is 6.02. The van der Waals surface area contributed by atoms with Crippen LogP contribution >= 0.6 is 23.8 Å². The molecule has 2 aromatic rings. The van der Waals surface area contributed by atoms with E-state index >= 15 is 0 Å². The number of benzene rings is 2. The molecule has 1 atom stereocenters. The number of hydrogen-bond acceptors (Lipinski definition) is 2. The Morgan fingerprint density at radius 3 is 2.39 bits per heavy atom. The summed E-state index contributed by atoms with van der Waals surface area (Å²) in [5.41, 5.74) is 2.29. The number of thiocarbonyl (C=S) groups is 1. The molecule has 122 valence electrons. The average molecular weight is 349 g/mol. The van der Waals surface area contributed by atoms with Gasteiger partial charge in [-0.2, -0.15) is 0 Å². The first-order chi connectivity index (χ1) is 11.1. The molecule has 0 aliphatic heterocycles. The monoisotopic (exact) mass is 348 g/mol. The van der Waals surface area contributed by atoms with E-state index in [-0.39, 0.29) is 6.04 Å². The highest BCUT2D eigenvalue weighted by Gasteiger charge is 2.07. The first-order valence-corrected chi connectivity index (χ1v) is 8.38. The Balaban J connectivity index is 1.82. The number of rotatable bonds is 6. The minimum atomic E-state index is 0.121. The summed E-state index contributed by atoms with van der Waals surface area (Å²) in [7, 11) is 0. The number of halogens is 1. The van der Waals surface area contributed by atoms with Gasteiger partial charge >= 0.3 is 0 Å². The maximum Gasteiger partial charge on any atom is 0.167 e. The van der Waals surface area contributed by atoms with Crippen molar-refractivity contribution in [2.75, 3.05) is 6.61 Å². The van der Waals surface area contributed by atoms with Gasteiger partial charge in [0.1, 0.15) is 5.75 Å². The van der Waals surface area contributed by atoms with Gasteiger partial charge in [0.15, 0.2) is 5.11 Å². The third-order valence-corrected chi connectivity index (χ3v) is 3.92. The molecule has 0 saturated heterocycles. The molecule has 0 fully saturated rings. The van der Waals surface area contributed by atoms with Gasteiger partial charge in [-0.05, 0) is 61.5 Å². The lowest BCUT2D eigenvalue weighted by Gasteiger charge is -2.18. The second-order valence-electron chi connectivity index (χ2n) is 5.18. The highest BCUT2D eigenvalue weighted by molar-refractivity contribution is 7.80. The van der Waals surface area contributed by atoms with Crippen LogP contribution in [0.25, 0.3) is 0 Å². The van der Waals surface area contributed by atoms with Crippen molar-refractivity contribution in [3.8, 4) is 5.75 Å². The molecule has 0 aromatic heterocycles. The zero-order chi connectivity index (χ0) is 16.7. The standard InChI is InChI=1S/C18H21ClN2OS/c1-3-22-17-10-6-15(7-11-17)13(2)21-18(23)20-12-14-4-8-16(19)9-5-14/h4-11,13H,3,12H2,1-2H3,(H2,20,21,23)/t13-/m1/s1. The molecule has 0 radical (unpaired) electrons. The Kier molecular flexibility index (Phi) is 6.68. The Bertz CT molecular complexity index is 628. The normalized spacial score (nSPS) is 11.6. The van der Waals surface area contributed by atoms with Crippen molar-refractivity contribution in [2.24, 2.45) is 0 Å². The lowest BCUT2D eigenvalue weighted by molar-refractivity contribution is 0.340. The lowest BCUT2D eigenvalue weighted by Crippen LogP contribution is -2.36. The topological polar surface area (TPSA) is 33.3 Å². The third kappa shape index (κ3) is 5.73. The Morgan fingerprint density at radius 1 is 1.13 bits per heavy atom. The van der Waals surface area contributed by atoms with Gasteiger partial charge in [-0.15, -0.1) is 0 Å². The minimum Gasteiger partial charge on any atom is -0.494 e. The van der Waals surface area contributed by atoms with Crippen LogP contribution in [0.2, 0.25) is 5.02 Å². The summed E-state index contributed by atoms with van der Waals surface area (Å²) in [5.74, 6) is 0.881. The van der Waals surface area contributed by atoms with Crippen LogP contribution in [0.15, 0.2) is 48.5 Å². The summed E-state index contributed by atoms with van der Waals surface area (Å²) >= 11 is 11.2. The van der Waals surface area contributed by atoms with E-state index < -0.39 is 0 Å². The fraction of sp³-hybridized carbons (Fsp3) is 0.278. The molecule has 5 heteroatoms. The Hall–Kier alpha value is -1.78. The van der Waals surface area contributed by atoms with Gasteiger partial charge in [-0.25, -0.2) is 0 Å². The van der Waals surface area contributed by atoms with Gasteiger partial charge in [-0.3, -0.25) is 0 Å². The number of hydrogen-bond donors (Lipinski definition) is 2. The molecule has 0 unspecified atom stereocenters. The van der Waals surface area contributed by atoms with Crippen molar-refractivity contribution in [3.63, 3.8) is 0 Å². The van der Waals surface area contributed by atoms with E-state index in [0.29, 0.717) is 18.3 Å². The molecule has 0 amide bonds. The van der Waals surface area contributed by atoms with E-state index in [0.717, 1.165) is 21.9 Å². The van der Waals surface area contributed by atoms with Crippen molar-refractivity contribution in [2.45, 2.75) is 26.4 Å². The first kappa shape index (κ1) is 17.6. The van der Waals surface area contributed by atoms with Crippen LogP contribution in [0.1, 0.15) is 31.0 Å². The first-order valence-electron chi connectivity index (χ1n) is 7.60. The van der Waals surface area contributed by atoms with E-state index in [1.807, 2.05) is 55.5 Å². The summed E-state index contributed by atoms with van der Waals surface area (Å²) in [4.78, 5) is 0. The smallest absolute Gasteiger partial charge is 0.167 e. The summed E-state index contributed by atoms with van der Waals surface area (Å²) in [6, 6.07) is 15.9. The Labute approximate surface area is 148 Å². The van der Waals surface area contributed by atoms with E-state index in [1.165, 1.54) is 0 Å². The van der Waals surface area contributed by atoms with Gasteiger partial charge in [0, 0.05) is 11.6 Å². The summed E-state index contributed by atoms with van der Waals surface area (Å²) in [6.07, 6.45) is 0. The van der Waals surface area contributed by atoms with E-state index in [1.54, 1.807) is 0 Å². The molecule has 0 aliphatic carbocycles. The van der Waals surface area contributed by atoms with Gasteiger partial charge in [0.25, 0.3) is 0 Å². The average Bonchev–Trinajstić information content (AvgIpc) is 2.55. The molecule has 2 rings (SSSR count). The van der Waals surface area contributed by atoms with Gasteiger partial charge < -0.3 is 15.4 Å². The summed E-state index contributed by atoms with van der Waals surface area (Å²) < 4.78 is 5.45.